The lowest BCUT2D eigenvalue weighted by Crippen LogP contribution is -2.63. The minimum absolute atomic E-state index is 0.00327. The maximum absolute atomic E-state index is 13.3. The van der Waals surface area contributed by atoms with Crippen molar-refractivity contribution < 1.29 is 46.4 Å². The molecule has 3 atom stereocenters. The van der Waals surface area contributed by atoms with Gasteiger partial charge in [-0.3, -0.25) is 19.1 Å². The van der Waals surface area contributed by atoms with Gasteiger partial charge in [-0.2, -0.15) is 8.42 Å². The maximum atomic E-state index is 13.3. The molecule has 0 aliphatic carbocycles. The normalized spacial score (nSPS) is 18.9. The minimum atomic E-state index is -3.74. The molecule has 2 heterocycles. The summed E-state index contributed by atoms with van der Waals surface area (Å²) in [6, 6.07) is -0.666. The van der Waals surface area contributed by atoms with Gasteiger partial charge in [0, 0.05) is 6.54 Å². The van der Waals surface area contributed by atoms with Gasteiger partial charge in [0.15, 0.2) is 22.7 Å². The third-order valence-electron chi connectivity index (χ3n) is 5.16. The summed E-state index contributed by atoms with van der Waals surface area (Å²) in [5, 5.41) is 22.0. The van der Waals surface area contributed by atoms with Gasteiger partial charge in [0.1, 0.15) is 15.6 Å². The fourth-order valence-electron chi connectivity index (χ4n) is 3.12. The molecule has 1 aliphatic rings. The molecule has 1 saturated heterocycles. The first-order valence-corrected chi connectivity index (χ1v) is 15.7. The molecule has 0 aromatic carbocycles. The first kappa shape index (κ1) is 35.6. The monoisotopic (exact) mass is 655 g/mol. The number of carbonyl (C=O) groups is 3. The summed E-state index contributed by atoms with van der Waals surface area (Å²) in [4.78, 5) is 47.3. The topological polar surface area (TPSA) is 204 Å². The van der Waals surface area contributed by atoms with E-state index in [4.69, 9.17) is 30.1 Å². The Bertz CT molecular complexity index is 1300. The van der Waals surface area contributed by atoms with Crippen LogP contribution in [0.1, 0.15) is 61.1 Å². The molecule has 3 amide bonds. The molecule has 2 unspecified atom stereocenters. The minimum Gasteiger partial charge on any atom is -0.444 e. The SMILES string of the molecule is CC(C)(C)OC(=O)Nc1nc(/C(=N/OC(C)(C)C(O)OC(C)(C)C)C(=O)NCC2C(=O)N[C@H]2COS(C)(=O)=O)c(Cl)s1. The van der Waals surface area contributed by atoms with Crippen LogP contribution in [0.15, 0.2) is 5.16 Å². The molecule has 1 aliphatic heterocycles. The van der Waals surface area contributed by atoms with Gasteiger partial charge in [0.2, 0.25) is 5.91 Å². The number of nitrogens with zero attached hydrogens (tertiary/aromatic N) is 2. The van der Waals surface area contributed by atoms with Gasteiger partial charge in [-0.05, 0) is 55.4 Å². The molecule has 0 spiro atoms. The van der Waals surface area contributed by atoms with Crippen molar-refractivity contribution in [1.82, 2.24) is 15.6 Å². The van der Waals surface area contributed by atoms with E-state index in [0.717, 1.165) is 17.6 Å². The van der Waals surface area contributed by atoms with E-state index in [0.29, 0.717) is 0 Å². The summed E-state index contributed by atoms with van der Waals surface area (Å²) in [5.41, 5.74) is -3.57. The van der Waals surface area contributed by atoms with Crippen LogP contribution in [0, 0.1) is 5.92 Å². The second kappa shape index (κ2) is 13.4. The van der Waals surface area contributed by atoms with Crippen LogP contribution in [-0.4, -0.2) is 90.7 Å². The van der Waals surface area contributed by atoms with Gasteiger partial charge in [0.25, 0.3) is 16.0 Å². The molecule has 0 saturated carbocycles. The van der Waals surface area contributed by atoms with Gasteiger partial charge >= 0.3 is 6.09 Å². The number of carbonyl (C=O) groups excluding carboxylic acids is 3. The summed E-state index contributed by atoms with van der Waals surface area (Å²) < 4.78 is 38.1. The van der Waals surface area contributed by atoms with Crippen molar-refractivity contribution >= 4 is 61.8 Å². The molecule has 0 bridgehead atoms. The van der Waals surface area contributed by atoms with Gasteiger partial charge in [0.05, 0.1) is 30.4 Å². The van der Waals surface area contributed by atoms with Gasteiger partial charge in [-0.1, -0.05) is 28.1 Å². The van der Waals surface area contributed by atoms with Gasteiger partial charge < -0.3 is 30.1 Å². The maximum Gasteiger partial charge on any atom is 0.413 e. The van der Waals surface area contributed by atoms with Crippen molar-refractivity contribution in [1.29, 1.82) is 0 Å². The van der Waals surface area contributed by atoms with Crippen LogP contribution < -0.4 is 16.0 Å². The Balaban J connectivity index is 2.31. The van der Waals surface area contributed by atoms with E-state index >= 15 is 0 Å². The molecule has 238 valence electrons. The second-order valence-electron chi connectivity index (χ2n) is 11.9. The summed E-state index contributed by atoms with van der Waals surface area (Å²) in [6.07, 6.45) is -1.39. The molecule has 4 N–H and O–H groups in total. The van der Waals surface area contributed by atoms with Crippen molar-refractivity contribution in [3.05, 3.63) is 10.0 Å². The summed E-state index contributed by atoms with van der Waals surface area (Å²) in [5.74, 6) is -2.09. The first-order chi connectivity index (χ1) is 19.0. The van der Waals surface area contributed by atoms with Crippen LogP contribution >= 0.6 is 22.9 Å². The highest BCUT2D eigenvalue weighted by Gasteiger charge is 2.41. The van der Waals surface area contributed by atoms with Crippen molar-refractivity contribution in [3.8, 4) is 0 Å². The van der Waals surface area contributed by atoms with Crippen LogP contribution in [0.5, 0.6) is 0 Å². The molecule has 0 radical (unpaired) electrons. The zero-order chi connectivity index (χ0) is 32.3. The van der Waals surface area contributed by atoms with E-state index in [1.165, 1.54) is 13.8 Å². The summed E-state index contributed by atoms with van der Waals surface area (Å²) in [7, 11) is -3.74. The number of β-lactam (4-membered cyclic amide) rings is 1. The predicted molar refractivity (Wildman–Crippen MR) is 155 cm³/mol. The van der Waals surface area contributed by atoms with Gasteiger partial charge in [-0.25, -0.2) is 9.78 Å². The Morgan fingerprint density at radius 3 is 2.31 bits per heavy atom. The molecule has 18 heteroatoms. The lowest BCUT2D eigenvalue weighted by Gasteiger charge is -2.36. The van der Waals surface area contributed by atoms with E-state index < -0.39 is 68.8 Å². The Labute approximate surface area is 253 Å². The number of ether oxygens (including phenoxy) is 2. The summed E-state index contributed by atoms with van der Waals surface area (Å²) in [6.45, 7) is 12.7. The number of aliphatic hydroxyl groups is 1. The van der Waals surface area contributed by atoms with Crippen molar-refractivity contribution in [2.24, 2.45) is 11.1 Å². The van der Waals surface area contributed by atoms with Crippen molar-refractivity contribution in [2.45, 2.75) is 84.5 Å². The molecular weight excluding hydrogens is 618 g/mol. The predicted octanol–water partition coefficient (Wildman–Crippen LogP) is 1.98. The highest BCUT2D eigenvalue weighted by atomic mass is 35.5. The molecule has 1 aromatic rings. The number of halogens is 1. The van der Waals surface area contributed by atoms with E-state index in [1.807, 2.05) is 0 Å². The number of hydrogen-bond acceptors (Lipinski definition) is 13. The number of thiazole rings is 1. The Hall–Kier alpha value is -2.57. The fourth-order valence-corrected chi connectivity index (χ4v) is 4.55. The van der Waals surface area contributed by atoms with Gasteiger partial charge in [-0.15, -0.1) is 0 Å². The number of aromatic nitrogens is 1. The van der Waals surface area contributed by atoms with E-state index in [1.54, 1.807) is 41.5 Å². The molecular formula is C24H38ClN5O10S2. The second-order valence-corrected chi connectivity index (χ2v) is 15.2. The molecule has 15 nitrogen and oxygen atoms in total. The number of amides is 3. The molecule has 1 aromatic heterocycles. The highest BCUT2D eigenvalue weighted by Crippen LogP contribution is 2.30. The zero-order valence-electron chi connectivity index (χ0n) is 24.9. The number of oxime groups is 1. The fraction of sp³-hybridized carbons (Fsp3) is 0.708. The third-order valence-corrected chi connectivity index (χ3v) is 6.89. The number of aliphatic hydroxyl groups excluding tert-OH is 1. The smallest absolute Gasteiger partial charge is 0.413 e. The van der Waals surface area contributed by atoms with Crippen LogP contribution in [-0.2, 0) is 38.2 Å². The zero-order valence-corrected chi connectivity index (χ0v) is 27.2. The Morgan fingerprint density at radius 2 is 1.79 bits per heavy atom. The van der Waals surface area contributed by atoms with Crippen LogP contribution in [0.4, 0.5) is 9.93 Å². The van der Waals surface area contributed by atoms with Crippen LogP contribution in [0.25, 0.3) is 0 Å². The van der Waals surface area contributed by atoms with E-state index in [-0.39, 0.29) is 28.3 Å². The number of nitrogens with one attached hydrogen (secondary N) is 3. The Morgan fingerprint density at radius 1 is 1.17 bits per heavy atom. The average molecular weight is 656 g/mol. The molecule has 42 heavy (non-hydrogen) atoms. The van der Waals surface area contributed by atoms with Crippen LogP contribution in [0.3, 0.4) is 0 Å². The largest absolute Gasteiger partial charge is 0.444 e. The van der Waals surface area contributed by atoms with Crippen molar-refractivity contribution in [3.63, 3.8) is 0 Å². The quantitative estimate of drug-likeness (QED) is 0.0842. The highest BCUT2D eigenvalue weighted by molar-refractivity contribution is 7.85. The van der Waals surface area contributed by atoms with E-state index in [2.05, 4.69) is 26.1 Å². The Kier molecular flexibility index (Phi) is 11.4. The van der Waals surface area contributed by atoms with Crippen LogP contribution in [0.2, 0.25) is 4.34 Å². The molecule has 2 rings (SSSR count). The summed E-state index contributed by atoms with van der Waals surface area (Å²) >= 11 is 7.19. The average Bonchev–Trinajstić information content (AvgIpc) is 3.12. The standard InChI is InChI=1S/C24H38ClN5O10S2/c1-22(2,3)38-19(33)24(7,8)40-30-15(14-16(25)41-20(28-14)29-21(34)39-23(4,5)6)18(32)26-10-12-13(27-17(12)31)11-37-42(9,35)36/h12-13,19,33H,10-11H2,1-9H3,(H,26,32)(H,27,31)(H,28,29,34)/b30-15-/t12?,13-,19?/m0/s1. The lowest BCUT2D eigenvalue weighted by molar-refractivity contribution is -0.253. The number of hydrogen-bond donors (Lipinski definition) is 4. The third kappa shape index (κ3) is 11.3. The lowest BCUT2D eigenvalue weighted by atomic mass is 9.91. The van der Waals surface area contributed by atoms with E-state index in [9.17, 15) is 27.9 Å². The molecule has 1 fully saturated rings. The van der Waals surface area contributed by atoms with Crippen molar-refractivity contribution in [2.75, 3.05) is 24.7 Å². The number of anilines is 1. The first-order valence-electron chi connectivity index (χ1n) is 12.7. The number of rotatable bonds is 12.